The van der Waals surface area contributed by atoms with Gasteiger partial charge < -0.3 is 5.11 Å². The molecule has 1 N–H and O–H groups in total. The van der Waals surface area contributed by atoms with E-state index in [-0.39, 0.29) is 6.61 Å². The lowest BCUT2D eigenvalue weighted by Crippen LogP contribution is -1.98. The molecule has 2 nitrogen and oxygen atoms in total. The second-order valence-corrected chi connectivity index (χ2v) is 4.24. The Labute approximate surface area is 94.1 Å². The fourth-order valence-electron chi connectivity index (χ4n) is 1.66. The Morgan fingerprint density at radius 1 is 0.867 bits per heavy atom. The highest BCUT2D eigenvalue weighted by Gasteiger charge is 2.00. The topological polar surface area (TPSA) is 37.3 Å². The molecular weight excluding hydrogens is 188 g/mol. The maximum absolute atomic E-state index is 11.3. The van der Waals surface area contributed by atoms with Gasteiger partial charge in [-0.05, 0) is 19.3 Å². The number of ketones is 1. The molecule has 0 bridgehead atoms. The maximum Gasteiger partial charge on any atom is 0.132 e. The van der Waals surface area contributed by atoms with E-state index in [9.17, 15) is 4.79 Å². The van der Waals surface area contributed by atoms with Crippen LogP contribution in [0.4, 0.5) is 0 Å². The zero-order valence-electron chi connectivity index (χ0n) is 10.1. The van der Waals surface area contributed by atoms with Gasteiger partial charge in [-0.1, -0.05) is 39.0 Å². The van der Waals surface area contributed by atoms with Gasteiger partial charge in [0.1, 0.15) is 5.78 Å². The van der Waals surface area contributed by atoms with Gasteiger partial charge in [-0.15, -0.1) is 0 Å². The fraction of sp³-hybridized carbons (Fsp3) is 0.923. The summed E-state index contributed by atoms with van der Waals surface area (Å²) >= 11 is 0. The van der Waals surface area contributed by atoms with E-state index in [0.29, 0.717) is 12.2 Å². The van der Waals surface area contributed by atoms with Gasteiger partial charge in [-0.2, -0.15) is 0 Å². The lowest BCUT2D eigenvalue weighted by Gasteiger charge is -2.01. The second-order valence-electron chi connectivity index (χ2n) is 4.24. The second kappa shape index (κ2) is 11.7. The molecule has 0 aromatic heterocycles. The molecule has 0 rings (SSSR count). The zero-order valence-corrected chi connectivity index (χ0v) is 10.1. The van der Waals surface area contributed by atoms with Gasteiger partial charge in [-0.3, -0.25) is 4.79 Å². The molecule has 0 aliphatic heterocycles. The Bertz CT molecular complexity index is 143. The first-order valence-electron chi connectivity index (χ1n) is 6.43. The van der Waals surface area contributed by atoms with E-state index >= 15 is 0 Å². The summed E-state index contributed by atoms with van der Waals surface area (Å²) in [4.78, 5) is 11.3. The van der Waals surface area contributed by atoms with Crippen molar-refractivity contribution < 1.29 is 9.90 Å². The molecule has 2 heteroatoms. The Balaban J connectivity index is 3.10. The van der Waals surface area contributed by atoms with Crippen molar-refractivity contribution in [3.8, 4) is 0 Å². The molecule has 0 saturated heterocycles. The van der Waals surface area contributed by atoms with Gasteiger partial charge in [0.25, 0.3) is 0 Å². The van der Waals surface area contributed by atoms with Crippen molar-refractivity contribution in [3.05, 3.63) is 0 Å². The fourth-order valence-corrected chi connectivity index (χ4v) is 1.66. The van der Waals surface area contributed by atoms with Crippen LogP contribution in [0.15, 0.2) is 0 Å². The average molecular weight is 214 g/mol. The Morgan fingerprint density at radius 3 is 2.00 bits per heavy atom. The summed E-state index contributed by atoms with van der Waals surface area (Å²) < 4.78 is 0. The molecule has 0 aliphatic rings. The maximum atomic E-state index is 11.3. The normalized spacial score (nSPS) is 10.5. The van der Waals surface area contributed by atoms with Gasteiger partial charge in [-0.25, -0.2) is 0 Å². The van der Waals surface area contributed by atoms with Gasteiger partial charge >= 0.3 is 0 Å². The smallest absolute Gasteiger partial charge is 0.132 e. The van der Waals surface area contributed by atoms with Gasteiger partial charge in [0.15, 0.2) is 0 Å². The SMILES string of the molecule is CCCCCCCCC(=O)CCCCO. The molecular formula is C13H26O2. The highest BCUT2D eigenvalue weighted by atomic mass is 16.2. The number of aliphatic hydroxyl groups is 1. The van der Waals surface area contributed by atoms with Crippen LogP contribution in [-0.2, 0) is 4.79 Å². The number of rotatable bonds is 11. The molecule has 0 atom stereocenters. The van der Waals surface area contributed by atoms with Crippen LogP contribution >= 0.6 is 0 Å². The van der Waals surface area contributed by atoms with Gasteiger partial charge in [0, 0.05) is 19.4 Å². The van der Waals surface area contributed by atoms with Crippen molar-refractivity contribution in [2.24, 2.45) is 0 Å². The first kappa shape index (κ1) is 14.6. The molecule has 0 heterocycles. The Kier molecular flexibility index (Phi) is 11.4. The Morgan fingerprint density at radius 2 is 1.40 bits per heavy atom. The van der Waals surface area contributed by atoms with Crippen molar-refractivity contribution in [2.75, 3.05) is 6.61 Å². The summed E-state index contributed by atoms with van der Waals surface area (Å²) in [6.07, 6.45) is 10.5. The van der Waals surface area contributed by atoms with E-state index in [4.69, 9.17) is 5.11 Å². The van der Waals surface area contributed by atoms with Crippen molar-refractivity contribution in [1.29, 1.82) is 0 Å². The summed E-state index contributed by atoms with van der Waals surface area (Å²) in [6.45, 7) is 2.43. The molecule has 0 radical (unpaired) electrons. The minimum Gasteiger partial charge on any atom is -0.396 e. The largest absolute Gasteiger partial charge is 0.396 e. The number of carbonyl (C=O) groups is 1. The van der Waals surface area contributed by atoms with Crippen molar-refractivity contribution >= 4 is 5.78 Å². The van der Waals surface area contributed by atoms with Crippen LogP contribution in [-0.4, -0.2) is 17.5 Å². The molecule has 0 unspecified atom stereocenters. The molecule has 15 heavy (non-hydrogen) atoms. The minimum atomic E-state index is 0.213. The van der Waals surface area contributed by atoms with Gasteiger partial charge in [0.05, 0.1) is 0 Å². The van der Waals surface area contributed by atoms with E-state index in [1.54, 1.807) is 0 Å². The van der Waals surface area contributed by atoms with Crippen molar-refractivity contribution in [3.63, 3.8) is 0 Å². The van der Waals surface area contributed by atoms with E-state index < -0.39 is 0 Å². The number of carbonyl (C=O) groups excluding carboxylic acids is 1. The van der Waals surface area contributed by atoms with Crippen LogP contribution in [0.1, 0.15) is 71.1 Å². The predicted molar refractivity (Wildman–Crippen MR) is 63.9 cm³/mol. The number of hydrogen-bond donors (Lipinski definition) is 1. The third kappa shape index (κ3) is 11.6. The predicted octanol–water partition coefficient (Wildman–Crippen LogP) is 3.47. The zero-order chi connectivity index (χ0) is 11.4. The van der Waals surface area contributed by atoms with Crippen molar-refractivity contribution in [1.82, 2.24) is 0 Å². The van der Waals surface area contributed by atoms with Crippen LogP contribution < -0.4 is 0 Å². The summed E-state index contributed by atoms with van der Waals surface area (Å²) in [5.74, 6) is 0.374. The summed E-state index contributed by atoms with van der Waals surface area (Å²) in [6, 6.07) is 0. The van der Waals surface area contributed by atoms with Crippen LogP contribution in [0.5, 0.6) is 0 Å². The van der Waals surface area contributed by atoms with Crippen LogP contribution in [0.3, 0.4) is 0 Å². The minimum absolute atomic E-state index is 0.213. The molecule has 0 aromatic rings. The summed E-state index contributed by atoms with van der Waals surface area (Å²) in [5.41, 5.74) is 0. The van der Waals surface area contributed by atoms with Gasteiger partial charge in [0.2, 0.25) is 0 Å². The van der Waals surface area contributed by atoms with Crippen LogP contribution in [0.2, 0.25) is 0 Å². The number of Topliss-reactive ketones (excluding diaryl/α,β-unsaturated/α-hetero) is 1. The number of unbranched alkanes of at least 4 members (excludes halogenated alkanes) is 6. The summed E-state index contributed by atoms with van der Waals surface area (Å²) in [5, 5.41) is 8.56. The molecule has 0 aromatic carbocycles. The lowest BCUT2D eigenvalue weighted by atomic mass is 10.0. The number of aliphatic hydroxyl groups excluding tert-OH is 1. The van der Waals surface area contributed by atoms with E-state index in [1.165, 1.54) is 32.1 Å². The Hall–Kier alpha value is -0.370. The van der Waals surface area contributed by atoms with E-state index in [0.717, 1.165) is 25.7 Å². The lowest BCUT2D eigenvalue weighted by molar-refractivity contribution is -0.119. The number of hydrogen-bond acceptors (Lipinski definition) is 2. The third-order valence-corrected chi connectivity index (χ3v) is 2.67. The molecule has 0 aliphatic carbocycles. The highest BCUT2D eigenvalue weighted by molar-refractivity contribution is 5.78. The quantitative estimate of drug-likeness (QED) is 0.535. The molecule has 0 saturated carbocycles. The van der Waals surface area contributed by atoms with Crippen LogP contribution in [0, 0.1) is 0 Å². The average Bonchev–Trinajstić information content (AvgIpc) is 2.23. The monoisotopic (exact) mass is 214 g/mol. The van der Waals surface area contributed by atoms with E-state index in [1.807, 2.05) is 0 Å². The van der Waals surface area contributed by atoms with E-state index in [2.05, 4.69) is 6.92 Å². The molecule has 0 spiro atoms. The summed E-state index contributed by atoms with van der Waals surface area (Å²) in [7, 11) is 0. The van der Waals surface area contributed by atoms with Crippen LogP contribution in [0.25, 0.3) is 0 Å². The van der Waals surface area contributed by atoms with Crippen molar-refractivity contribution in [2.45, 2.75) is 71.1 Å². The molecule has 0 amide bonds. The molecule has 90 valence electrons. The molecule has 0 fully saturated rings. The standard InChI is InChI=1S/C13H26O2/c1-2-3-4-5-6-7-10-13(15)11-8-9-12-14/h14H,2-12H2,1H3. The first-order chi connectivity index (χ1) is 7.31. The first-order valence-corrected chi connectivity index (χ1v) is 6.43. The highest BCUT2D eigenvalue weighted by Crippen LogP contribution is 2.08. The third-order valence-electron chi connectivity index (χ3n) is 2.67.